The topological polar surface area (TPSA) is 123 Å². The smallest absolute Gasteiger partial charge is 0.321 e. The minimum Gasteiger partial charge on any atom is -0.321 e. The summed E-state index contributed by atoms with van der Waals surface area (Å²) >= 11 is 0. The number of aryl methyl sites for hydroxylation is 2. The van der Waals surface area contributed by atoms with Gasteiger partial charge in [0, 0.05) is 33.8 Å². The van der Waals surface area contributed by atoms with Crippen LogP contribution in [0.3, 0.4) is 0 Å². The van der Waals surface area contributed by atoms with Gasteiger partial charge in [-0.3, -0.25) is 18.7 Å². The number of rotatable bonds is 4. The van der Waals surface area contributed by atoms with Crippen LogP contribution >= 0.6 is 0 Å². The number of carbonyl (C=O) groups excluding carboxylic acids is 1. The Bertz CT molecular complexity index is 1450. The van der Waals surface area contributed by atoms with Crippen LogP contribution in [0.4, 0.5) is 5.69 Å². The predicted octanol–water partition coefficient (Wildman–Crippen LogP) is 0.752. The molecule has 3 aromatic rings. The molecule has 1 amide bonds. The molecule has 0 fully saturated rings. The molecule has 2 aromatic heterocycles. The molecule has 31 heavy (non-hydrogen) atoms. The molecule has 0 radical (unpaired) electrons. The third-order valence-electron chi connectivity index (χ3n) is 5.19. The van der Waals surface area contributed by atoms with Crippen LogP contribution < -0.4 is 16.6 Å². The monoisotopic (exact) mass is 445 g/mol. The third-order valence-corrected chi connectivity index (χ3v) is 7.13. The summed E-state index contributed by atoms with van der Waals surface area (Å²) in [6.45, 7) is 3.41. The second-order valence-electron chi connectivity index (χ2n) is 7.46. The van der Waals surface area contributed by atoms with Crippen molar-refractivity contribution < 1.29 is 13.2 Å². The fourth-order valence-electron chi connectivity index (χ4n) is 3.16. The Morgan fingerprint density at radius 2 is 1.71 bits per heavy atom. The fraction of sp³-hybridized carbons (Fsp3) is 0.300. The Hall–Kier alpha value is -3.31. The van der Waals surface area contributed by atoms with E-state index in [1.807, 2.05) is 0 Å². The third kappa shape index (κ3) is 3.77. The van der Waals surface area contributed by atoms with Gasteiger partial charge in [0.15, 0.2) is 0 Å². The van der Waals surface area contributed by atoms with Crippen molar-refractivity contribution in [2.75, 3.05) is 19.4 Å². The van der Waals surface area contributed by atoms with Crippen molar-refractivity contribution in [2.24, 2.45) is 14.1 Å². The van der Waals surface area contributed by atoms with Crippen molar-refractivity contribution >= 4 is 32.7 Å². The number of sulfonamides is 1. The molecule has 2 heterocycles. The molecule has 1 N–H and O–H groups in total. The Morgan fingerprint density at radius 1 is 1.06 bits per heavy atom. The molecule has 3 rings (SSSR count). The van der Waals surface area contributed by atoms with Crippen molar-refractivity contribution in [3.63, 3.8) is 0 Å². The average Bonchev–Trinajstić information content (AvgIpc) is 2.72. The Kier molecular flexibility index (Phi) is 5.59. The highest BCUT2D eigenvalue weighted by molar-refractivity contribution is 7.89. The van der Waals surface area contributed by atoms with Gasteiger partial charge in [-0.25, -0.2) is 22.5 Å². The lowest BCUT2D eigenvalue weighted by Crippen LogP contribution is -2.37. The highest BCUT2D eigenvalue weighted by atomic mass is 32.2. The maximum absolute atomic E-state index is 12.8. The van der Waals surface area contributed by atoms with E-state index in [0.29, 0.717) is 11.1 Å². The van der Waals surface area contributed by atoms with Crippen molar-refractivity contribution in [2.45, 2.75) is 18.7 Å². The molecule has 0 spiro atoms. The molecule has 164 valence electrons. The number of anilines is 1. The zero-order valence-electron chi connectivity index (χ0n) is 18.0. The molecule has 0 bridgehead atoms. The van der Waals surface area contributed by atoms with Crippen LogP contribution in [-0.4, -0.2) is 46.8 Å². The first kappa shape index (κ1) is 22.4. The van der Waals surface area contributed by atoms with E-state index in [4.69, 9.17) is 0 Å². The summed E-state index contributed by atoms with van der Waals surface area (Å²) < 4.78 is 28.5. The summed E-state index contributed by atoms with van der Waals surface area (Å²) in [5.74, 6) is -0.555. The van der Waals surface area contributed by atoms with Gasteiger partial charge >= 0.3 is 5.69 Å². The average molecular weight is 446 g/mol. The zero-order valence-corrected chi connectivity index (χ0v) is 18.9. The maximum Gasteiger partial charge on any atom is 0.332 e. The van der Waals surface area contributed by atoms with Gasteiger partial charge < -0.3 is 5.32 Å². The van der Waals surface area contributed by atoms with Gasteiger partial charge in [-0.2, -0.15) is 0 Å². The van der Waals surface area contributed by atoms with Crippen LogP contribution in [0.25, 0.3) is 11.0 Å². The summed E-state index contributed by atoms with van der Waals surface area (Å²) in [7, 11) is 1.96. The number of hydrogen-bond donors (Lipinski definition) is 1. The highest BCUT2D eigenvalue weighted by Gasteiger charge is 2.23. The van der Waals surface area contributed by atoms with Gasteiger partial charge in [0.1, 0.15) is 5.65 Å². The molecule has 0 saturated heterocycles. The van der Waals surface area contributed by atoms with Gasteiger partial charge in [0.2, 0.25) is 10.0 Å². The zero-order chi connectivity index (χ0) is 23.2. The van der Waals surface area contributed by atoms with E-state index >= 15 is 0 Å². The Balaban J connectivity index is 2.06. The van der Waals surface area contributed by atoms with Gasteiger partial charge in [0.05, 0.1) is 22.2 Å². The summed E-state index contributed by atoms with van der Waals surface area (Å²) in [6, 6.07) is 4.35. The number of amides is 1. The largest absolute Gasteiger partial charge is 0.332 e. The van der Waals surface area contributed by atoms with Crippen molar-refractivity contribution in [3.8, 4) is 0 Å². The minimum atomic E-state index is -3.74. The lowest BCUT2D eigenvalue weighted by molar-refractivity contribution is 0.102. The molecule has 0 aliphatic heterocycles. The molecule has 10 nitrogen and oxygen atoms in total. The van der Waals surface area contributed by atoms with E-state index < -0.39 is 27.2 Å². The van der Waals surface area contributed by atoms with Crippen LogP contribution in [0.15, 0.2) is 38.9 Å². The van der Waals surface area contributed by atoms with Crippen molar-refractivity contribution in [3.05, 3.63) is 61.9 Å². The molecule has 0 atom stereocenters. The van der Waals surface area contributed by atoms with Gasteiger partial charge in [-0.15, -0.1) is 0 Å². The SMILES string of the molecule is Cc1cc(C(=O)Nc2cnc3c(c2)c(=O)n(C)c(=O)n3C)cc(S(=O)(=O)N(C)C)c1C. The number of fused-ring (bicyclic) bond motifs is 1. The molecular formula is C20H23N5O5S. The van der Waals surface area contributed by atoms with Crippen molar-refractivity contribution in [1.82, 2.24) is 18.4 Å². The second kappa shape index (κ2) is 7.75. The minimum absolute atomic E-state index is 0.0446. The molecule has 1 aromatic carbocycles. The fourth-order valence-corrected chi connectivity index (χ4v) is 4.38. The second-order valence-corrected chi connectivity index (χ2v) is 9.58. The van der Waals surface area contributed by atoms with Crippen LogP contribution in [-0.2, 0) is 24.1 Å². The van der Waals surface area contributed by atoms with E-state index in [0.717, 1.165) is 8.87 Å². The molecule has 0 aliphatic carbocycles. The van der Waals surface area contributed by atoms with Crippen LogP contribution in [0, 0.1) is 13.8 Å². The van der Waals surface area contributed by atoms with E-state index in [-0.39, 0.29) is 27.2 Å². The number of carbonyl (C=O) groups is 1. The first-order valence-corrected chi connectivity index (χ1v) is 10.7. The first-order valence-electron chi connectivity index (χ1n) is 9.27. The Morgan fingerprint density at radius 3 is 2.32 bits per heavy atom. The van der Waals surface area contributed by atoms with Gasteiger partial charge in [-0.05, 0) is 43.2 Å². The summed E-state index contributed by atoms with van der Waals surface area (Å²) in [6.07, 6.45) is 1.33. The van der Waals surface area contributed by atoms with E-state index in [1.54, 1.807) is 19.9 Å². The summed E-state index contributed by atoms with van der Waals surface area (Å²) in [4.78, 5) is 41.5. The normalized spacial score (nSPS) is 11.8. The van der Waals surface area contributed by atoms with Crippen LogP contribution in [0.5, 0.6) is 0 Å². The van der Waals surface area contributed by atoms with E-state index in [1.165, 1.54) is 51.1 Å². The van der Waals surface area contributed by atoms with Crippen LogP contribution in [0.1, 0.15) is 21.5 Å². The lowest BCUT2D eigenvalue weighted by atomic mass is 10.1. The lowest BCUT2D eigenvalue weighted by Gasteiger charge is -2.16. The predicted molar refractivity (Wildman–Crippen MR) is 117 cm³/mol. The summed E-state index contributed by atoms with van der Waals surface area (Å²) in [5, 5.41) is 2.81. The number of benzene rings is 1. The molecule has 0 saturated carbocycles. The van der Waals surface area contributed by atoms with Crippen molar-refractivity contribution in [1.29, 1.82) is 0 Å². The van der Waals surface area contributed by atoms with E-state index in [2.05, 4.69) is 10.3 Å². The number of nitrogens with zero attached hydrogens (tertiary/aromatic N) is 4. The molecule has 0 aliphatic rings. The number of nitrogens with one attached hydrogen (secondary N) is 1. The Labute approximate surface area is 178 Å². The quantitative estimate of drug-likeness (QED) is 0.632. The molecule has 0 unspecified atom stereocenters. The van der Waals surface area contributed by atoms with Crippen LogP contribution in [0.2, 0.25) is 0 Å². The number of aromatic nitrogens is 3. The van der Waals surface area contributed by atoms with Gasteiger partial charge in [0.25, 0.3) is 11.5 Å². The standard InChI is InChI=1S/C20H23N5O5S/c1-11-7-13(8-16(12(11)2)31(29,30)23(3)4)18(26)22-14-9-15-17(21-10-14)24(5)20(28)25(6)19(15)27/h7-10H,1-6H3,(H,22,26). The molecular weight excluding hydrogens is 422 g/mol. The van der Waals surface area contributed by atoms with Gasteiger partial charge in [-0.1, -0.05) is 0 Å². The highest BCUT2D eigenvalue weighted by Crippen LogP contribution is 2.24. The number of pyridine rings is 1. The summed E-state index contributed by atoms with van der Waals surface area (Å²) in [5.41, 5.74) is 0.742. The van der Waals surface area contributed by atoms with E-state index in [9.17, 15) is 22.8 Å². The maximum atomic E-state index is 12.8. The number of hydrogen-bond acceptors (Lipinski definition) is 6. The molecule has 11 heteroatoms. The first-order chi connectivity index (χ1) is 14.4.